The molecule has 7 nitrogen and oxygen atoms in total. The van der Waals surface area contributed by atoms with Crippen LogP contribution in [0.25, 0.3) is 0 Å². The molecule has 21 heavy (non-hydrogen) atoms. The highest BCUT2D eigenvalue weighted by Gasteiger charge is 2.64. The summed E-state index contributed by atoms with van der Waals surface area (Å²) < 4.78 is 52.1. The quantitative estimate of drug-likeness (QED) is 0.796. The zero-order valence-electron chi connectivity index (χ0n) is 11.0. The third kappa shape index (κ3) is 2.79. The van der Waals surface area contributed by atoms with Crippen LogP contribution in [-0.4, -0.2) is 36.9 Å². The lowest BCUT2D eigenvalue weighted by Crippen LogP contribution is -2.50. The van der Waals surface area contributed by atoms with Crippen LogP contribution in [-0.2, 0) is 19.9 Å². The summed E-state index contributed by atoms with van der Waals surface area (Å²) in [4.78, 5) is 22.7. The van der Waals surface area contributed by atoms with Crippen LogP contribution < -0.4 is 5.73 Å². The van der Waals surface area contributed by atoms with Gasteiger partial charge >= 0.3 is 18.1 Å². The monoisotopic (exact) mass is 311 g/mol. The molecule has 10 heteroatoms. The lowest BCUT2D eigenvalue weighted by Gasteiger charge is -2.26. The van der Waals surface area contributed by atoms with Crippen molar-refractivity contribution >= 4 is 17.8 Å². The summed E-state index contributed by atoms with van der Waals surface area (Å²) in [6.45, 7) is 1.40. The number of hydrogen-bond donors (Lipinski definition) is 2. The van der Waals surface area contributed by atoms with Gasteiger partial charge in [-0.25, -0.2) is 9.59 Å². The van der Waals surface area contributed by atoms with Gasteiger partial charge in [0.1, 0.15) is 0 Å². The molecular formula is C11H12F3NO6. The molecule has 0 aliphatic carbocycles. The van der Waals surface area contributed by atoms with E-state index in [0.29, 0.717) is 13.2 Å². The number of hydrogen-bond acceptors (Lipinski definition) is 7. The normalized spacial score (nSPS) is 14.4. The molecule has 1 heterocycles. The van der Waals surface area contributed by atoms with Crippen molar-refractivity contribution in [2.45, 2.75) is 18.7 Å². The molecular weight excluding hydrogens is 299 g/mol. The first-order chi connectivity index (χ1) is 9.59. The number of ether oxygens (including phenoxy) is 2. The number of rotatable bonds is 4. The van der Waals surface area contributed by atoms with Gasteiger partial charge in [0.05, 0.1) is 19.3 Å². The average molecular weight is 311 g/mol. The van der Waals surface area contributed by atoms with Crippen LogP contribution in [0.2, 0.25) is 0 Å². The number of alkyl halides is 3. The Kier molecular flexibility index (Phi) is 4.52. The first-order valence-electron chi connectivity index (χ1n) is 5.54. The van der Waals surface area contributed by atoms with Crippen LogP contribution in [0.15, 0.2) is 10.5 Å². The first-order valence-corrected chi connectivity index (χ1v) is 5.54. The first kappa shape index (κ1) is 16.8. The molecule has 1 aromatic heterocycles. The van der Waals surface area contributed by atoms with Crippen LogP contribution in [0, 0.1) is 0 Å². The fourth-order valence-corrected chi connectivity index (χ4v) is 1.52. The third-order valence-corrected chi connectivity index (χ3v) is 2.52. The maximum atomic E-state index is 13.0. The van der Waals surface area contributed by atoms with E-state index in [2.05, 4.69) is 13.9 Å². The molecule has 1 atom stereocenters. The molecule has 0 amide bonds. The summed E-state index contributed by atoms with van der Waals surface area (Å²) in [7, 11) is 0.654. The smallest absolute Gasteiger partial charge is 0.432 e. The van der Waals surface area contributed by atoms with E-state index in [1.807, 2.05) is 0 Å². The summed E-state index contributed by atoms with van der Waals surface area (Å²) in [5.74, 6) is -4.75. The number of carbonyl (C=O) groups excluding carboxylic acids is 2. The van der Waals surface area contributed by atoms with E-state index < -0.39 is 40.9 Å². The lowest BCUT2D eigenvalue weighted by atomic mass is 9.94. The number of carbonyl (C=O) groups is 2. The minimum Gasteiger partial charge on any atom is -0.466 e. The predicted molar refractivity (Wildman–Crippen MR) is 61.0 cm³/mol. The fraction of sp³-hybridized carbons (Fsp3) is 0.455. The summed E-state index contributed by atoms with van der Waals surface area (Å²) in [6, 6.07) is 0.484. The van der Waals surface area contributed by atoms with Gasteiger partial charge in [0.15, 0.2) is 5.88 Å². The predicted octanol–water partition coefficient (Wildman–Crippen LogP) is 0.961. The van der Waals surface area contributed by atoms with Gasteiger partial charge in [-0.15, -0.1) is 0 Å². The molecule has 0 saturated heterocycles. The number of nitrogen functional groups attached to an aromatic ring is 1. The molecule has 0 saturated carbocycles. The van der Waals surface area contributed by atoms with Gasteiger partial charge in [0.25, 0.3) is 5.60 Å². The Morgan fingerprint density at radius 3 is 2.43 bits per heavy atom. The molecule has 1 aromatic rings. The standard InChI is InChI=1S/C11H12F3NO6/c1-3-20-8(16)6-4-5(7(15)21-6)10(18,9(17)19-2)11(12,13)14/h4,18H,3,15H2,1-2H3/t10-/m1/s1. The number of esters is 2. The number of methoxy groups -OCH3 is 1. The van der Waals surface area contributed by atoms with Crippen molar-refractivity contribution in [1.82, 2.24) is 0 Å². The van der Waals surface area contributed by atoms with E-state index in [1.54, 1.807) is 0 Å². The lowest BCUT2D eigenvalue weighted by molar-refractivity contribution is -0.266. The van der Waals surface area contributed by atoms with Crippen molar-refractivity contribution in [2.24, 2.45) is 0 Å². The summed E-state index contributed by atoms with van der Waals surface area (Å²) in [5.41, 5.74) is 0.00467. The third-order valence-electron chi connectivity index (χ3n) is 2.52. The Bertz CT molecular complexity index is 553. The van der Waals surface area contributed by atoms with Crippen LogP contribution in [0.5, 0.6) is 0 Å². The van der Waals surface area contributed by atoms with E-state index in [9.17, 15) is 27.9 Å². The summed E-state index contributed by atoms with van der Waals surface area (Å²) >= 11 is 0. The average Bonchev–Trinajstić information content (AvgIpc) is 2.78. The van der Waals surface area contributed by atoms with E-state index >= 15 is 0 Å². The molecule has 1 rings (SSSR count). The Morgan fingerprint density at radius 2 is 2.00 bits per heavy atom. The Balaban J connectivity index is 3.41. The molecule has 3 N–H and O–H groups in total. The van der Waals surface area contributed by atoms with Crippen LogP contribution >= 0.6 is 0 Å². The number of anilines is 1. The van der Waals surface area contributed by atoms with Crippen molar-refractivity contribution in [3.8, 4) is 0 Å². The SMILES string of the molecule is CCOC(=O)c1cc([C@@](O)(C(=O)OC)C(F)(F)F)c(N)o1. The van der Waals surface area contributed by atoms with Gasteiger partial charge in [-0.05, 0) is 6.92 Å². The van der Waals surface area contributed by atoms with Crippen molar-refractivity contribution in [3.63, 3.8) is 0 Å². The second kappa shape index (κ2) is 5.64. The Labute approximate surface area is 116 Å². The Hall–Kier alpha value is -2.23. The molecule has 0 unspecified atom stereocenters. The maximum absolute atomic E-state index is 13.0. The fourth-order valence-electron chi connectivity index (χ4n) is 1.52. The molecule has 0 bridgehead atoms. The number of halogens is 3. The molecule has 0 aliphatic rings. The van der Waals surface area contributed by atoms with Gasteiger partial charge in [-0.1, -0.05) is 0 Å². The topological polar surface area (TPSA) is 112 Å². The largest absolute Gasteiger partial charge is 0.466 e. The van der Waals surface area contributed by atoms with Crippen LogP contribution in [0.4, 0.5) is 19.1 Å². The van der Waals surface area contributed by atoms with E-state index in [0.717, 1.165) is 0 Å². The van der Waals surface area contributed by atoms with Gasteiger partial charge in [-0.2, -0.15) is 13.2 Å². The van der Waals surface area contributed by atoms with E-state index in [1.165, 1.54) is 6.92 Å². The zero-order chi connectivity index (χ0) is 16.4. The highest BCUT2D eigenvalue weighted by atomic mass is 19.4. The zero-order valence-corrected chi connectivity index (χ0v) is 11.0. The number of furan rings is 1. The molecule has 0 spiro atoms. The van der Waals surface area contributed by atoms with Crippen LogP contribution in [0.3, 0.4) is 0 Å². The molecule has 118 valence electrons. The maximum Gasteiger partial charge on any atom is 0.432 e. The number of nitrogens with two attached hydrogens (primary N) is 1. The molecule has 0 fully saturated rings. The minimum absolute atomic E-state index is 0.0602. The molecule has 0 aromatic carbocycles. The minimum atomic E-state index is -5.44. The highest BCUT2D eigenvalue weighted by molar-refractivity contribution is 5.89. The van der Waals surface area contributed by atoms with Gasteiger partial charge in [0.2, 0.25) is 5.76 Å². The number of aliphatic hydroxyl groups is 1. The second-order valence-electron chi connectivity index (χ2n) is 3.81. The van der Waals surface area contributed by atoms with Crippen molar-refractivity contribution in [1.29, 1.82) is 0 Å². The van der Waals surface area contributed by atoms with Gasteiger partial charge in [-0.3, -0.25) is 0 Å². The van der Waals surface area contributed by atoms with E-state index in [-0.39, 0.29) is 6.61 Å². The molecule has 0 radical (unpaired) electrons. The van der Waals surface area contributed by atoms with Crippen molar-refractivity contribution in [2.75, 3.05) is 19.5 Å². The van der Waals surface area contributed by atoms with Crippen molar-refractivity contribution < 1.29 is 41.8 Å². The summed E-state index contributed by atoms with van der Waals surface area (Å²) in [6.07, 6.45) is -5.44. The van der Waals surface area contributed by atoms with Gasteiger partial charge < -0.3 is 24.7 Å². The molecule has 0 aliphatic heterocycles. The summed E-state index contributed by atoms with van der Waals surface area (Å²) in [5, 5.41) is 9.70. The van der Waals surface area contributed by atoms with Crippen molar-refractivity contribution in [3.05, 3.63) is 17.4 Å². The van der Waals surface area contributed by atoms with E-state index in [4.69, 9.17) is 5.73 Å². The van der Waals surface area contributed by atoms with Gasteiger partial charge in [0, 0.05) is 6.07 Å². The second-order valence-corrected chi connectivity index (χ2v) is 3.81. The van der Waals surface area contributed by atoms with Crippen LogP contribution in [0.1, 0.15) is 23.0 Å². The highest BCUT2D eigenvalue weighted by Crippen LogP contribution is 2.43. The Morgan fingerprint density at radius 1 is 1.43 bits per heavy atom.